The Bertz CT molecular complexity index is 702. The minimum atomic E-state index is -0.0380. The van der Waals surface area contributed by atoms with E-state index < -0.39 is 0 Å². The van der Waals surface area contributed by atoms with E-state index in [0.717, 1.165) is 29.4 Å². The molecule has 0 atom stereocenters. The number of anilines is 2. The highest BCUT2D eigenvalue weighted by atomic mass is 16.5. The number of aryl methyl sites for hydroxylation is 1. The fourth-order valence-electron chi connectivity index (χ4n) is 2.27. The molecule has 0 amide bonds. The molecule has 100 valence electrons. The molecular formula is C14H17N3O2. The van der Waals surface area contributed by atoms with E-state index >= 15 is 0 Å². The van der Waals surface area contributed by atoms with Crippen molar-refractivity contribution in [2.45, 2.75) is 25.3 Å². The minimum absolute atomic E-state index is 0.0380. The van der Waals surface area contributed by atoms with E-state index in [-0.39, 0.29) is 11.1 Å². The molecular weight excluding hydrogens is 242 g/mol. The van der Waals surface area contributed by atoms with Crippen LogP contribution in [0.1, 0.15) is 19.8 Å². The Kier molecular flexibility index (Phi) is 2.53. The second-order valence-electron chi connectivity index (χ2n) is 5.48. The summed E-state index contributed by atoms with van der Waals surface area (Å²) in [5, 5.41) is 13.4. The lowest BCUT2D eigenvalue weighted by molar-refractivity contribution is 0.389. The lowest BCUT2D eigenvalue weighted by atomic mass is 10.1. The molecule has 3 rings (SSSR count). The highest BCUT2D eigenvalue weighted by Gasteiger charge is 2.37. The van der Waals surface area contributed by atoms with Crippen molar-refractivity contribution in [2.75, 3.05) is 10.8 Å². The molecule has 1 heterocycles. The zero-order chi connectivity index (χ0) is 13.6. The van der Waals surface area contributed by atoms with Gasteiger partial charge in [-0.3, -0.25) is 15.5 Å². The lowest BCUT2D eigenvalue weighted by Crippen LogP contribution is -2.21. The summed E-state index contributed by atoms with van der Waals surface area (Å²) in [4.78, 5) is 12.0. The number of aromatic nitrogens is 1. The van der Waals surface area contributed by atoms with Crippen LogP contribution in [0.2, 0.25) is 0 Å². The highest BCUT2D eigenvalue weighted by Crippen LogP contribution is 2.39. The van der Waals surface area contributed by atoms with Crippen LogP contribution in [0.4, 0.5) is 11.4 Å². The van der Waals surface area contributed by atoms with Crippen LogP contribution in [0, 0.1) is 0 Å². The van der Waals surface area contributed by atoms with Crippen LogP contribution < -0.4 is 16.4 Å². The first-order valence-corrected chi connectivity index (χ1v) is 6.34. The average Bonchev–Trinajstić information content (AvgIpc) is 3.12. The van der Waals surface area contributed by atoms with Crippen LogP contribution >= 0.6 is 0 Å². The molecule has 1 aromatic carbocycles. The Morgan fingerprint density at radius 2 is 2.05 bits per heavy atom. The predicted molar refractivity (Wildman–Crippen MR) is 75.9 cm³/mol. The Balaban J connectivity index is 2.23. The molecule has 0 saturated heterocycles. The Morgan fingerprint density at radius 1 is 1.32 bits per heavy atom. The van der Waals surface area contributed by atoms with Crippen LogP contribution in [0.3, 0.4) is 0 Å². The van der Waals surface area contributed by atoms with Gasteiger partial charge in [0.15, 0.2) is 0 Å². The molecule has 1 aromatic heterocycles. The van der Waals surface area contributed by atoms with Gasteiger partial charge >= 0.3 is 0 Å². The smallest absolute Gasteiger partial charge is 0.252 e. The molecule has 0 spiro atoms. The van der Waals surface area contributed by atoms with Gasteiger partial charge in [0.05, 0.1) is 11.2 Å². The number of fused-ring (bicyclic) bond motifs is 1. The quantitative estimate of drug-likeness (QED) is 0.740. The van der Waals surface area contributed by atoms with Gasteiger partial charge in [0, 0.05) is 29.7 Å². The maximum Gasteiger partial charge on any atom is 0.252 e. The molecule has 0 radical (unpaired) electrons. The van der Waals surface area contributed by atoms with Gasteiger partial charge in [-0.15, -0.1) is 0 Å². The van der Waals surface area contributed by atoms with Crippen molar-refractivity contribution in [1.82, 2.24) is 4.57 Å². The fourth-order valence-corrected chi connectivity index (χ4v) is 2.27. The third kappa shape index (κ3) is 2.06. The van der Waals surface area contributed by atoms with E-state index in [2.05, 4.69) is 17.7 Å². The van der Waals surface area contributed by atoms with Crippen molar-refractivity contribution in [3.8, 4) is 0 Å². The van der Waals surface area contributed by atoms with Gasteiger partial charge in [0.1, 0.15) is 0 Å². The molecule has 1 saturated carbocycles. The number of hydrogen-bond donors (Lipinski definition) is 3. The van der Waals surface area contributed by atoms with Gasteiger partial charge in [-0.2, -0.15) is 0 Å². The first kappa shape index (κ1) is 12.0. The second-order valence-corrected chi connectivity index (χ2v) is 5.48. The molecule has 1 fully saturated rings. The van der Waals surface area contributed by atoms with Crippen molar-refractivity contribution in [3.05, 3.63) is 34.6 Å². The van der Waals surface area contributed by atoms with E-state index in [0.29, 0.717) is 5.69 Å². The molecule has 0 unspecified atom stereocenters. The first-order valence-electron chi connectivity index (χ1n) is 6.34. The van der Waals surface area contributed by atoms with Gasteiger partial charge in [0.2, 0.25) is 0 Å². The maximum atomic E-state index is 12.0. The van der Waals surface area contributed by atoms with E-state index in [4.69, 9.17) is 5.21 Å². The number of nitrogens with zero attached hydrogens (tertiary/aromatic N) is 1. The minimum Gasteiger partial charge on any atom is -0.379 e. The van der Waals surface area contributed by atoms with Crippen LogP contribution in [-0.4, -0.2) is 15.3 Å². The van der Waals surface area contributed by atoms with Crippen molar-refractivity contribution in [3.63, 3.8) is 0 Å². The maximum absolute atomic E-state index is 12.0. The number of hydrogen-bond acceptors (Lipinski definition) is 4. The largest absolute Gasteiger partial charge is 0.379 e. The van der Waals surface area contributed by atoms with E-state index in [9.17, 15) is 4.79 Å². The van der Waals surface area contributed by atoms with Crippen molar-refractivity contribution in [2.24, 2.45) is 7.05 Å². The Morgan fingerprint density at radius 3 is 2.68 bits per heavy atom. The van der Waals surface area contributed by atoms with Gasteiger partial charge in [-0.1, -0.05) is 0 Å². The highest BCUT2D eigenvalue weighted by molar-refractivity contribution is 5.94. The molecule has 1 aliphatic carbocycles. The predicted octanol–water partition coefficient (Wildman–Crippen LogP) is 2.30. The SMILES string of the molecule is Cn1c(=O)cc(NC2(C)CC2)c2cc(NO)ccc21. The second kappa shape index (κ2) is 3.99. The third-order valence-corrected chi connectivity index (χ3v) is 3.81. The van der Waals surface area contributed by atoms with Crippen LogP contribution in [-0.2, 0) is 7.05 Å². The number of pyridine rings is 1. The summed E-state index contributed by atoms with van der Waals surface area (Å²) in [5.41, 5.74) is 4.49. The number of rotatable bonds is 3. The topological polar surface area (TPSA) is 66.3 Å². The zero-order valence-electron chi connectivity index (χ0n) is 11.0. The lowest BCUT2D eigenvalue weighted by Gasteiger charge is -2.17. The first-order chi connectivity index (χ1) is 9.02. The summed E-state index contributed by atoms with van der Waals surface area (Å²) in [5.74, 6) is 0. The van der Waals surface area contributed by atoms with Crippen molar-refractivity contribution >= 4 is 22.3 Å². The number of nitrogens with one attached hydrogen (secondary N) is 2. The van der Waals surface area contributed by atoms with Gasteiger partial charge in [-0.05, 0) is 38.0 Å². The standard InChI is InChI=1S/C14H17N3O2/c1-14(5-6-14)15-11-8-13(18)17(2)12-4-3-9(16-19)7-10(11)12/h3-4,7-8,15-16,19H,5-6H2,1-2H3. The summed E-state index contributed by atoms with van der Waals surface area (Å²) < 4.78 is 1.61. The number of benzene rings is 1. The van der Waals surface area contributed by atoms with Gasteiger partial charge in [-0.25, -0.2) is 0 Å². The van der Waals surface area contributed by atoms with Crippen molar-refractivity contribution in [1.29, 1.82) is 0 Å². The molecule has 2 aromatic rings. The molecule has 5 nitrogen and oxygen atoms in total. The summed E-state index contributed by atoms with van der Waals surface area (Å²) >= 11 is 0. The molecule has 0 bridgehead atoms. The molecule has 0 aliphatic heterocycles. The molecule has 5 heteroatoms. The monoisotopic (exact) mass is 259 g/mol. The Labute approximate surface area is 110 Å². The van der Waals surface area contributed by atoms with Gasteiger partial charge < -0.3 is 9.88 Å². The van der Waals surface area contributed by atoms with E-state index in [1.165, 1.54) is 0 Å². The summed E-state index contributed by atoms with van der Waals surface area (Å²) in [7, 11) is 1.75. The average molecular weight is 259 g/mol. The molecule has 3 N–H and O–H groups in total. The summed E-state index contributed by atoms with van der Waals surface area (Å²) in [6.07, 6.45) is 2.23. The van der Waals surface area contributed by atoms with Gasteiger partial charge in [0.25, 0.3) is 5.56 Å². The zero-order valence-corrected chi connectivity index (χ0v) is 11.0. The van der Waals surface area contributed by atoms with Crippen molar-refractivity contribution < 1.29 is 5.21 Å². The normalized spacial score (nSPS) is 16.4. The van der Waals surface area contributed by atoms with Crippen LogP contribution in [0.5, 0.6) is 0 Å². The summed E-state index contributed by atoms with van der Waals surface area (Å²) in [6, 6.07) is 7.02. The van der Waals surface area contributed by atoms with E-state index in [1.54, 1.807) is 23.7 Å². The fraction of sp³-hybridized carbons (Fsp3) is 0.357. The third-order valence-electron chi connectivity index (χ3n) is 3.81. The Hall–Kier alpha value is -2.01. The summed E-state index contributed by atoms with van der Waals surface area (Å²) in [6.45, 7) is 2.14. The van der Waals surface area contributed by atoms with E-state index in [1.807, 2.05) is 12.1 Å². The molecule has 19 heavy (non-hydrogen) atoms. The van der Waals surface area contributed by atoms with Crippen LogP contribution in [0.25, 0.3) is 10.9 Å². The van der Waals surface area contributed by atoms with Crippen LogP contribution in [0.15, 0.2) is 29.1 Å². The molecule has 1 aliphatic rings.